The van der Waals surface area contributed by atoms with E-state index in [0.29, 0.717) is 12.5 Å². The molecule has 4 heterocycles. The van der Waals surface area contributed by atoms with Crippen LogP contribution in [0.15, 0.2) is 23.3 Å². The van der Waals surface area contributed by atoms with Crippen molar-refractivity contribution in [3.8, 4) is 0 Å². The van der Waals surface area contributed by atoms with Gasteiger partial charge in [0.2, 0.25) is 5.91 Å². The van der Waals surface area contributed by atoms with Gasteiger partial charge < -0.3 is 14.2 Å². The molecule has 4 rings (SSSR count). The van der Waals surface area contributed by atoms with Crippen LogP contribution in [0.25, 0.3) is 0 Å². The number of thiazole rings is 1. The number of morpholine rings is 1. The molecule has 0 saturated carbocycles. The van der Waals surface area contributed by atoms with Crippen LogP contribution in [0, 0.1) is 0 Å². The topological polar surface area (TPSA) is 63.5 Å². The monoisotopic (exact) mass is 375 g/mol. The number of ether oxygens (including phenoxy) is 1. The van der Waals surface area contributed by atoms with Crippen molar-refractivity contribution < 1.29 is 9.53 Å². The lowest BCUT2D eigenvalue weighted by Gasteiger charge is -2.35. The molecule has 1 amide bonds. The van der Waals surface area contributed by atoms with Crippen LogP contribution in [0.1, 0.15) is 30.3 Å². The maximum absolute atomic E-state index is 12.7. The van der Waals surface area contributed by atoms with E-state index in [2.05, 4.69) is 24.8 Å². The largest absolute Gasteiger partial charge is 0.379 e. The molecule has 2 aliphatic rings. The summed E-state index contributed by atoms with van der Waals surface area (Å²) in [6.07, 6.45) is 5.98. The summed E-state index contributed by atoms with van der Waals surface area (Å²) < 4.78 is 7.54. The zero-order valence-corrected chi connectivity index (χ0v) is 15.7. The van der Waals surface area contributed by atoms with Crippen molar-refractivity contribution in [3.63, 3.8) is 0 Å². The molecule has 2 aromatic rings. The van der Waals surface area contributed by atoms with Crippen molar-refractivity contribution >= 4 is 17.2 Å². The van der Waals surface area contributed by atoms with Gasteiger partial charge in [-0.25, -0.2) is 9.97 Å². The Morgan fingerprint density at radius 1 is 1.27 bits per heavy atom. The minimum absolute atomic E-state index is 0.231. The molecule has 0 spiro atoms. The number of likely N-dealkylation sites (tertiary alicyclic amines) is 1. The number of aromatic nitrogens is 3. The molecular weight excluding hydrogens is 350 g/mol. The Labute approximate surface area is 157 Å². The van der Waals surface area contributed by atoms with E-state index in [9.17, 15) is 4.79 Å². The lowest BCUT2D eigenvalue weighted by atomic mass is 9.97. The molecule has 0 bridgehead atoms. The molecule has 8 heteroatoms. The molecule has 0 N–H and O–H groups in total. The molecule has 26 heavy (non-hydrogen) atoms. The fourth-order valence-corrected chi connectivity index (χ4v) is 4.32. The highest BCUT2D eigenvalue weighted by molar-refractivity contribution is 7.07. The predicted octanol–water partition coefficient (Wildman–Crippen LogP) is 1.43. The van der Waals surface area contributed by atoms with Crippen molar-refractivity contribution in [1.82, 2.24) is 24.3 Å². The van der Waals surface area contributed by atoms with Crippen LogP contribution in [0.5, 0.6) is 0 Å². The second-order valence-electron chi connectivity index (χ2n) is 6.96. The van der Waals surface area contributed by atoms with Crippen LogP contribution >= 0.6 is 11.3 Å². The van der Waals surface area contributed by atoms with Gasteiger partial charge in [0.15, 0.2) is 0 Å². The summed E-state index contributed by atoms with van der Waals surface area (Å²) in [7, 11) is 0. The molecule has 0 unspecified atom stereocenters. The number of hydrogen-bond donors (Lipinski definition) is 0. The van der Waals surface area contributed by atoms with Crippen molar-refractivity contribution in [3.05, 3.63) is 34.8 Å². The summed E-state index contributed by atoms with van der Waals surface area (Å²) in [4.78, 5) is 25.9. The predicted molar refractivity (Wildman–Crippen MR) is 99.3 cm³/mol. The van der Waals surface area contributed by atoms with E-state index >= 15 is 0 Å². The second-order valence-corrected chi connectivity index (χ2v) is 7.68. The molecule has 2 saturated heterocycles. The zero-order chi connectivity index (χ0) is 17.8. The van der Waals surface area contributed by atoms with Gasteiger partial charge in [0, 0.05) is 49.9 Å². The van der Waals surface area contributed by atoms with Crippen LogP contribution in [0.2, 0.25) is 0 Å². The molecule has 7 nitrogen and oxygen atoms in total. The zero-order valence-electron chi connectivity index (χ0n) is 14.9. The van der Waals surface area contributed by atoms with Crippen molar-refractivity contribution in [2.75, 3.05) is 45.9 Å². The first-order chi connectivity index (χ1) is 12.8. The normalized spacial score (nSPS) is 21.8. The first kappa shape index (κ1) is 17.6. The smallest absolute Gasteiger partial charge is 0.236 e. The Kier molecular flexibility index (Phi) is 5.62. The Morgan fingerprint density at radius 2 is 2.15 bits per heavy atom. The number of imidazole rings is 1. The van der Waals surface area contributed by atoms with E-state index in [1.807, 2.05) is 22.8 Å². The number of nitrogens with zero attached hydrogens (tertiary/aromatic N) is 5. The van der Waals surface area contributed by atoms with E-state index in [1.54, 1.807) is 11.3 Å². The number of amides is 1. The average Bonchev–Trinajstić information content (AvgIpc) is 3.35. The molecule has 0 aromatic carbocycles. The summed E-state index contributed by atoms with van der Waals surface area (Å²) in [5.74, 6) is 1.60. The fraction of sp³-hybridized carbons (Fsp3) is 0.611. The fourth-order valence-electron chi connectivity index (χ4n) is 3.77. The van der Waals surface area contributed by atoms with Gasteiger partial charge in [0.05, 0.1) is 37.5 Å². The van der Waals surface area contributed by atoms with Crippen molar-refractivity contribution in [1.29, 1.82) is 0 Å². The van der Waals surface area contributed by atoms with Crippen LogP contribution in [0.4, 0.5) is 0 Å². The SMILES string of the molecule is O=C(CN1CCOCC1)N1CCC[C@@H](c2nccn2Cc2cscn2)C1. The third-order valence-electron chi connectivity index (χ3n) is 5.17. The van der Waals surface area contributed by atoms with Gasteiger partial charge in [-0.2, -0.15) is 0 Å². The molecule has 0 radical (unpaired) electrons. The quantitative estimate of drug-likeness (QED) is 0.791. The number of rotatable bonds is 5. The van der Waals surface area contributed by atoms with E-state index in [-0.39, 0.29) is 5.91 Å². The third kappa shape index (κ3) is 4.13. The highest BCUT2D eigenvalue weighted by Crippen LogP contribution is 2.26. The van der Waals surface area contributed by atoms with Gasteiger partial charge in [-0.15, -0.1) is 11.3 Å². The molecule has 1 atom stereocenters. The summed E-state index contributed by atoms with van der Waals surface area (Å²) in [5, 5.41) is 2.07. The van der Waals surface area contributed by atoms with Gasteiger partial charge in [-0.05, 0) is 12.8 Å². The highest BCUT2D eigenvalue weighted by atomic mass is 32.1. The maximum atomic E-state index is 12.7. The van der Waals surface area contributed by atoms with Crippen LogP contribution in [-0.2, 0) is 16.1 Å². The van der Waals surface area contributed by atoms with Crippen molar-refractivity contribution in [2.24, 2.45) is 0 Å². The molecule has 2 fully saturated rings. The summed E-state index contributed by atoms with van der Waals surface area (Å²) in [5.41, 5.74) is 2.92. The number of piperidine rings is 1. The first-order valence-corrected chi connectivity index (χ1v) is 10.2. The Bertz CT molecular complexity index is 711. The number of hydrogen-bond acceptors (Lipinski definition) is 6. The first-order valence-electron chi connectivity index (χ1n) is 9.25. The Morgan fingerprint density at radius 3 is 2.96 bits per heavy atom. The lowest BCUT2D eigenvalue weighted by Crippen LogP contribution is -2.47. The maximum Gasteiger partial charge on any atom is 0.236 e. The summed E-state index contributed by atoms with van der Waals surface area (Å²) >= 11 is 1.61. The molecular formula is C18H25N5O2S. The second kappa shape index (κ2) is 8.28. The third-order valence-corrected chi connectivity index (χ3v) is 5.80. The van der Waals surface area contributed by atoms with E-state index in [0.717, 1.165) is 70.3 Å². The molecule has 2 aliphatic heterocycles. The molecule has 2 aromatic heterocycles. The van der Waals surface area contributed by atoms with Gasteiger partial charge >= 0.3 is 0 Å². The van der Waals surface area contributed by atoms with Gasteiger partial charge in [-0.1, -0.05) is 0 Å². The highest BCUT2D eigenvalue weighted by Gasteiger charge is 2.28. The van der Waals surface area contributed by atoms with Crippen molar-refractivity contribution in [2.45, 2.75) is 25.3 Å². The van der Waals surface area contributed by atoms with Gasteiger partial charge in [0.1, 0.15) is 5.82 Å². The summed E-state index contributed by atoms with van der Waals surface area (Å²) in [6, 6.07) is 0. The Balaban J connectivity index is 1.39. The lowest BCUT2D eigenvalue weighted by molar-refractivity contribution is -0.134. The minimum atomic E-state index is 0.231. The standard InChI is InChI=1S/C18H25N5O2S/c24-17(12-21-6-8-25-9-7-21)22-4-1-2-15(10-22)18-19-3-5-23(18)11-16-13-26-14-20-16/h3,5,13-15H,1-2,4,6-12H2/t15-/m1/s1. The molecule has 140 valence electrons. The van der Waals surface area contributed by atoms with Crippen LogP contribution in [-0.4, -0.2) is 76.2 Å². The molecule has 0 aliphatic carbocycles. The van der Waals surface area contributed by atoms with E-state index in [1.165, 1.54) is 0 Å². The summed E-state index contributed by atoms with van der Waals surface area (Å²) in [6.45, 7) is 6.01. The van der Waals surface area contributed by atoms with Crippen LogP contribution in [0.3, 0.4) is 0 Å². The Hall–Kier alpha value is -1.77. The minimum Gasteiger partial charge on any atom is -0.379 e. The number of carbonyl (C=O) groups excluding carboxylic acids is 1. The van der Waals surface area contributed by atoms with Crippen LogP contribution < -0.4 is 0 Å². The van der Waals surface area contributed by atoms with Gasteiger partial charge in [-0.3, -0.25) is 9.69 Å². The van der Waals surface area contributed by atoms with E-state index in [4.69, 9.17) is 4.74 Å². The average molecular weight is 375 g/mol. The number of carbonyl (C=O) groups is 1. The van der Waals surface area contributed by atoms with E-state index < -0.39 is 0 Å². The van der Waals surface area contributed by atoms with Gasteiger partial charge in [0.25, 0.3) is 0 Å².